The van der Waals surface area contributed by atoms with E-state index in [2.05, 4.69) is 32.5 Å². The van der Waals surface area contributed by atoms with E-state index in [9.17, 15) is 5.11 Å². The summed E-state index contributed by atoms with van der Waals surface area (Å²) in [7, 11) is 2.01. The van der Waals surface area contributed by atoms with E-state index in [-0.39, 0.29) is 0 Å². The number of thiazole rings is 1. The minimum absolute atomic E-state index is 0.482. The first-order valence-electron chi connectivity index (χ1n) is 7.65. The van der Waals surface area contributed by atoms with Crippen molar-refractivity contribution >= 4 is 17.3 Å². The third kappa shape index (κ3) is 4.68. The van der Waals surface area contributed by atoms with E-state index in [4.69, 9.17) is 0 Å². The number of hydrogen-bond acceptors (Lipinski definition) is 4. The topological polar surface area (TPSA) is 60.8 Å². The highest BCUT2D eigenvalue weighted by atomic mass is 32.1. The highest BCUT2D eigenvalue weighted by Crippen LogP contribution is 2.29. The number of aryl methyl sites for hydroxylation is 1. The maximum Gasteiger partial charge on any atom is 0.194 e. The molecule has 1 saturated carbocycles. The minimum atomic E-state index is -0.598. The molecule has 118 valence electrons. The Balaban J connectivity index is 1.99. The molecule has 21 heavy (non-hydrogen) atoms. The van der Waals surface area contributed by atoms with Crippen molar-refractivity contribution in [1.29, 1.82) is 0 Å². The second-order valence-corrected chi connectivity index (χ2v) is 6.88. The molecule has 2 rings (SSSR count). The van der Waals surface area contributed by atoms with Crippen LogP contribution in [0.4, 0.5) is 0 Å². The summed E-state index contributed by atoms with van der Waals surface area (Å²) >= 11 is 1.67. The molecule has 1 aliphatic carbocycles. The highest BCUT2D eigenvalue weighted by Gasteiger charge is 2.30. The molecule has 1 aliphatic rings. The number of guanidine groups is 1. The number of nitrogens with one attached hydrogen (secondary N) is 1. The van der Waals surface area contributed by atoms with Crippen LogP contribution < -0.4 is 5.32 Å². The Morgan fingerprint density at radius 3 is 2.81 bits per heavy atom. The van der Waals surface area contributed by atoms with Crippen molar-refractivity contribution in [1.82, 2.24) is 15.2 Å². The molecule has 0 unspecified atom stereocenters. The van der Waals surface area contributed by atoms with Crippen molar-refractivity contribution < 1.29 is 5.11 Å². The molecule has 0 aliphatic heterocycles. The Morgan fingerprint density at radius 2 is 2.24 bits per heavy atom. The van der Waals surface area contributed by atoms with Gasteiger partial charge in [0.25, 0.3) is 0 Å². The maximum atomic E-state index is 10.4. The molecule has 0 atom stereocenters. The standard InChI is InChI=1S/C15H26N4OS/c1-4-16-14(17-11-15(20)7-5-6-8-15)19(3)9-13-10-21-12(2)18-13/h10,20H,4-9,11H2,1-3H3,(H,16,17). The summed E-state index contributed by atoms with van der Waals surface area (Å²) in [6, 6.07) is 0. The minimum Gasteiger partial charge on any atom is -0.388 e. The Bertz CT molecular complexity index is 480. The Labute approximate surface area is 131 Å². The van der Waals surface area contributed by atoms with Crippen molar-refractivity contribution in [3.63, 3.8) is 0 Å². The zero-order valence-corrected chi connectivity index (χ0v) is 14.0. The molecule has 6 heteroatoms. The van der Waals surface area contributed by atoms with Crippen LogP contribution in [-0.4, -0.2) is 46.7 Å². The van der Waals surface area contributed by atoms with Crippen LogP contribution in [0.1, 0.15) is 43.3 Å². The number of nitrogens with zero attached hydrogens (tertiary/aromatic N) is 3. The van der Waals surface area contributed by atoms with Crippen LogP contribution in [0, 0.1) is 6.92 Å². The first-order chi connectivity index (χ1) is 10.0. The van der Waals surface area contributed by atoms with Crippen molar-refractivity contribution in [2.24, 2.45) is 4.99 Å². The van der Waals surface area contributed by atoms with E-state index >= 15 is 0 Å². The molecule has 1 fully saturated rings. The number of rotatable bonds is 5. The van der Waals surface area contributed by atoms with Gasteiger partial charge >= 0.3 is 0 Å². The monoisotopic (exact) mass is 310 g/mol. The van der Waals surface area contributed by atoms with E-state index in [1.54, 1.807) is 11.3 Å². The largest absolute Gasteiger partial charge is 0.388 e. The summed E-state index contributed by atoms with van der Waals surface area (Å²) < 4.78 is 0. The quantitative estimate of drug-likeness (QED) is 0.646. The average molecular weight is 310 g/mol. The lowest BCUT2D eigenvalue weighted by Gasteiger charge is -2.24. The van der Waals surface area contributed by atoms with Gasteiger partial charge in [0, 0.05) is 19.0 Å². The van der Waals surface area contributed by atoms with Gasteiger partial charge in [0.15, 0.2) is 5.96 Å². The van der Waals surface area contributed by atoms with Crippen LogP contribution in [0.25, 0.3) is 0 Å². The van der Waals surface area contributed by atoms with Gasteiger partial charge in [-0.1, -0.05) is 12.8 Å². The summed E-state index contributed by atoms with van der Waals surface area (Å²) in [5.41, 5.74) is 0.462. The molecule has 2 N–H and O–H groups in total. The summed E-state index contributed by atoms with van der Waals surface area (Å²) in [4.78, 5) is 11.2. The van der Waals surface area contributed by atoms with Crippen LogP contribution in [-0.2, 0) is 6.54 Å². The fourth-order valence-electron chi connectivity index (χ4n) is 2.68. The SMILES string of the molecule is CCNC(=NCC1(O)CCCC1)N(C)Cc1csc(C)n1. The normalized spacial score (nSPS) is 18.0. The van der Waals surface area contributed by atoms with Crippen LogP contribution in [0.5, 0.6) is 0 Å². The summed E-state index contributed by atoms with van der Waals surface area (Å²) in [5, 5.41) is 16.9. The Kier molecular flexibility index (Phi) is 5.58. The van der Waals surface area contributed by atoms with Crippen LogP contribution >= 0.6 is 11.3 Å². The van der Waals surface area contributed by atoms with Gasteiger partial charge in [0.1, 0.15) is 0 Å². The molecule has 1 aromatic heterocycles. The lowest BCUT2D eigenvalue weighted by atomic mass is 10.0. The van der Waals surface area contributed by atoms with Crippen molar-refractivity contribution in [3.8, 4) is 0 Å². The van der Waals surface area contributed by atoms with E-state index in [0.29, 0.717) is 6.54 Å². The first kappa shape index (κ1) is 16.2. The lowest BCUT2D eigenvalue weighted by Crippen LogP contribution is -2.40. The zero-order valence-electron chi connectivity index (χ0n) is 13.2. The molecule has 0 saturated heterocycles. The second kappa shape index (κ2) is 7.22. The van der Waals surface area contributed by atoms with Gasteiger partial charge in [-0.3, -0.25) is 4.99 Å². The summed E-state index contributed by atoms with van der Waals surface area (Å²) in [6.45, 7) is 6.10. The van der Waals surface area contributed by atoms with Crippen LogP contribution in [0.15, 0.2) is 10.4 Å². The first-order valence-corrected chi connectivity index (χ1v) is 8.53. The smallest absolute Gasteiger partial charge is 0.194 e. The molecule has 0 radical (unpaired) electrons. The van der Waals surface area contributed by atoms with E-state index in [0.717, 1.165) is 55.4 Å². The van der Waals surface area contributed by atoms with Gasteiger partial charge in [0.2, 0.25) is 0 Å². The zero-order chi connectivity index (χ0) is 15.3. The maximum absolute atomic E-state index is 10.4. The number of aliphatic hydroxyl groups is 1. The van der Waals surface area contributed by atoms with E-state index < -0.39 is 5.60 Å². The molecule has 0 spiro atoms. The predicted octanol–water partition coefficient (Wildman–Crippen LogP) is 2.15. The average Bonchev–Trinajstić information content (AvgIpc) is 3.04. The fourth-order valence-corrected chi connectivity index (χ4v) is 3.29. The van der Waals surface area contributed by atoms with Crippen molar-refractivity contribution in [2.45, 2.75) is 51.7 Å². The molecule has 0 aromatic carbocycles. The van der Waals surface area contributed by atoms with Gasteiger partial charge in [0.05, 0.1) is 29.4 Å². The molecule has 5 nitrogen and oxygen atoms in total. The molecule has 0 bridgehead atoms. The fraction of sp³-hybridized carbons (Fsp3) is 0.733. The van der Waals surface area contributed by atoms with E-state index in [1.165, 1.54) is 0 Å². The van der Waals surface area contributed by atoms with Crippen molar-refractivity contribution in [3.05, 3.63) is 16.1 Å². The van der Waals surface area contributed by atoms with Gasteiger partial charge in [-0.25, -0.2) is 4.98 Å². The Morgan fingerprint density at radius 1 is 1.52 bits per heavy atom. The van der Waals surface area contributed by atoms with Gasteiger partial charge < -0.3 is 15.3 Å². The van der Waals surface area contributed by atoms with Gasteiger partial charge in [-0.2, -0.15) is 0 Å². The predicted molar refractivity (Wildman–Crippen MR) is 87.7 cm³/mol. The highest BCUT2D eigenvalue weighted by molar-refractivity contribution is 7.09. The van der Waals surface area contributed by atoms with Crippen LogP contribution in [0.2, 0.25) is 0 Å². The third-order valence-corrected chi connectivity index (χ3v) is 4.64. The van der Waals surface area contributed by atoms with E-state index in [1.807, 2.05) is 14.0 Å². The lowest BCUT2D eigenvalue weighted by molar-refractivity contribution is 0.0572. The number of aliphatic imine (C=N–C) groups is 1. The summed E-state index contributed by atoms with van der Waals surface area (Å²) in [6.07, 6.45) is 3.95. The third-order valence-electron chi connectivity index (χ3n) is 3.82. The van der Waals surface area contributed by atoms with Gasteiger partial charge in [-0.15, -0.1) is 11.3 Å². The van der Waals surface area contributed by atoms with Gasteiger partial charge in [-0.05, 0) is 26.7 Å². The number of aromatic nitrogens is 1. The molecule has 1 heterocycles. The number of hydrogen-bond donors (Lipinski definition) is 2. The molecular weight excluding hydrogens is 284 g/mol. The second-order valence-electron chi connectivity index (χ2n) is 5.82. The summed E-state index contributed by atoms with van der Waals surface area (Å²) in [5.74, 6) is 0.837. The molecule has 1 aromatic rings. The molecule has 0 amide bonds. The van der Waals surface area contributed by atoms with Crippen LogP contribution in [0.3, 0.4) is 0 Å². The molecular formula is C15H26N4OS. The Hall–Kier alpha value is -1.14. The van der Waals surface area contributed by atoms with Crippen molar-refractivity contribution in [2.75, 3.05) is 20.1 Å².